The number of hydrogen-bond donors (Lipinski definition) is 1. The van der Waals surface area contributed by atoms with E-state index < -0.39 is 6.04 Å². The number of aromatic nitrogens is 2. The molecule has 1 unspecified atom stereocenters. The first-order valence-electron chi connectivity index (χ1n) is 12.6. The van der Waals surface area contributed by atoms with E-state index in [1.807, 2.05) is 68.4 Å². The van der Waals surface area contributed by atoms with E-state index in [9.17, 15) is 4.79 Å². The number of nitrogens with zero attached hydrogens (tertiary/aromatic N) is 3. The molecule has 0 radical (unpaired) electrons. The Bertz CT molecular complexity index is 1390. The molecular weight excluding hydrogens is 464 g/mol. The summed E-state index contributed by atoms with van der Waals surface area (Å²) in [5, 5.41) is 7.41. The lowest BCUT2D eigenvalue weighted by Gasteiger charge is -2.35. The van der Waals surface area contributed by atoms with Gasteiger partial charge in [-0.05, 0) is 61.2 Å². The molecule has 7 nitrogen and oxygen atoms in total. The number of carbonyl (C=O) groups excluding carboxylic acids is 1. The van der Waals surface area contributed by atoms with Crippen LogP contribution in [0.1, 0.15) is 49.4 Å². The van der Waals surface area contributed by atoms with E-state index in [1.165, 1.54) is 5.56 Å². The Labute approximate surface area is 216 Å². The van der Waals surface area contributed by atoms with Crippen LogP contribution in [0.15, 0.2) is 89.1 Å². The Morgan fingerprint density at radius 1 is 0.946 bits per heavy atom. The molecule has 2 amide bonds. The molecule has 1 atom stereocenters. The van der Waals surface area contributed by atoms with Crippen molar-refractivity contribution in [2.24, 2.45) is 0 Å². The molecule has 2 heterocycles. The van der Waals surface area contributed by atoms with Crippen molar-refractivity contribution in [3.8, 4) is 17.1 Å². The van der Waals surface area contributed by atoms with Crippen LogP contribution in [0.2, 0.25) is 0 Å². The Morgan fingerprint density at radius 3 is 2.32 bits per heavy atom. The van der Waals surface area contributed by atoms with E-state index in [4.69, 9.17) is 14.2 Å². The van der Waals surface area contributed by atoms with E-state index in [-0.39, 0.29) is 6.03 Å². The Balaban J connectivity index is 1.53. The van der Waals surface area contributed by atoms with Gasteiger partial charge in [-0.25, -0.2) is 4.79 Å². The third-order valence-corrected chi connectivity index (χ3v) is 6.58. The van der Waals surface area contributed by atoms with Gasteiger partial charge in [0.25, 0.3) is 5.89 Å². The van der Waals surface area contributed by atoms with Crippen molar-refractivity contribution in [3.63, 3.8) is 0 Å². The molecule has 0 spiro atoms. The maximum absolute atomic E-state index is 13.3. The first-order valence-corrected chi connectivity index (χ1v) is 12.6. The highest BCUT2D eigenvalue weighted by atomic mass is 16.5. The maximum atomic E-state index is 13.3. The standard InChI is InChI=1S/C30H30N4O3/c1-4-21-11-13-22(14-12-21)19-34-20(3)26(27(31-30(34)35)23-9-7-6-8-10-23)29-32-28(33-37-29)24-15-17-25(18-16-24)36-5-2/h6-18,27H,4-5,19H2,1-3H3,(H,31,35). The number of benzene rings is 3. The van der Waals surface area contributed by atoms with E-state index in [2.05, 4.69) is 41.7 Å². The summed E-state index contributed by atoms with van der Waals surface area (Å²) < 4.78 is 11.3. The lowest BCUT2D eigenvalue weighted by Crippen LogP contribution is -2.45. The molecule has 0 fully saturated rings. The summed E-state index contributed by atoms with van der Waals surface area (Å²) in [4.78, 5) is 19.8. The highest BCUT2D eigenvalue weighted by Gasteiger charge is 2.35. The van der Waals surface area contributed by atoms with Crippen LogP contribution >= 0.6 is 0 Å². The minimum atomic E-state index is -0.416. The minimum Gasteiger partial charge on any atom is -0.494 e. The zero-order valence-electron chi connectivity index (χ0n) is 21.3. The molecule has 0 aliphatic carbocycles. The molecule has 1 N–H and O–H groups in total. The topological polar surface area (TPSA) is 80.5 Å². The van der Waals surface area contributed by atoms with Gasteiger partial charge in [0.15, 0.2) is 0 Å². The van der Waals surface area contributed by atoms with Crippen molar-refractivity contribution in [2.45, 2.75) is 39.8 Å². The minimum absolute atomic E-state index is 0.166. The van der Waals surface area contributed by atoms with Crippen LogP contribution in [0.25, 0.3) is 17.0 Å². The van der Waals surface area contributed by atoms with Crippen molar-refractivity contribution in [2.75, 3.05) is 6.61 Å². The average molecular weight is 495 g/mol. The molecule has 7 heteroatoms. The molecule has 188 valence electrons. The smallest absolute Gasteiger partial charge is 0.322 e. The van der Waals surface area contributed by atoms with Crippen molar-refractivity contribution in [1.82, 2.24) is 20.4 Å². The molecule has 3 aromatic carbocycles. The largest absolute Gasteiger partial charge is 0.494 e. The number of ether oxygens (including phenoxy) is 1. The number of nitrogens with one attached hydrogen (secondary N) is 1. The van der Waals surface area contributed by atoms with Gasteiger partial charge in [-0.1, -0.05) is 66.7 Å². The van der Waals surface area contributed by atoms with E-state index in [0.717, 1.165) is 40.1 Å². The number of carbonyl (C=O) groups is 1. The van der Waals surface area contributed by atoms with Crippen LogP contribution in [0, 0.1) is 0 Å². The molecule has 1 aliphatic heterocycles. The van der Waals surface area contributed by atoms with E-state index >= 15 is 0 Å². The summed E-state index contributed by atoms with van der Waals surface area (Å²) in [6.45, 7) is 7.05. The van der Waals surface area contributed by atoms with Crippen molar-refractivity contribution < 1.29 is 14.1 Å². The molecule has 0 bridgehead atoms. The van der Waals surface area contributed by atoms with Crippen LogP contribution in [-0.4, -0.2) is 27.7 Å². The summed E-state index contributed by atoms with van der Waals surface area (Å²) in [7, 11) is 0. The Morgan fingerprint density at radius 2 is 1.65 bits per heavy atom. The lowest BCUT2D eigenvalue weighted by molar-refractivity contribution is 0.203. The first kappa shape index (κ1) is 24.3. The van der Waals surface area contributed by atoms with Crippen molar-refractivity contribution in [3.05, 3.63) is 107 Å². The Hall–Kier alpha value is -4.39. The molecule has 4 aromatic rings. The molecule has 0 saturated heterocycles. The fraction of sp³-hybridized carbons (Fsp3) is 0.233. The summed E-state index contributed by atoms with van der Waals surface area (Å²) in [6.07, 6.45) is 0.972. The molecule has 0 saturated carbocycles. The SMILES string of the molecule is CCOc1ccc(-c2noc(C3=C(C)N(Cc4ccc(CC)cc4)C(=O)NC3c3ccccc3)n2)cc1. The second kappa shape index (κ2) is 10.7. The van der Waals surface area contributed by atoms with Gasteiger partial charge in [-0.3, -0.25) is 4.90 Å². The van der Waals surface area contributed by atoms with E-state index in [0.29, 0.717) is 24.9 Å². The lowest BCUT2D eigenvalue weighted by atomic mass is 9.94. The molecule has 37 heavy (non-hydrogen) atoms. The van der Waals surface area contributed by atoms with Gasteiger partial charge < -0.3 is 14.6 Å². The van der Waals surface area contributed by atoms with Crippen LogP contribution in [0.4, 0.5) is 4.79 Å². The summed E-state index contributed by atoms with van der Waals surface area (Å²) in [5.74, 6) is 1.64. The van der Waals surface area contributed by atoms with Crippen molar-refractivity contribution in [1.29, 1.82) is 0 Å². The Kier molecular flexibility index (Phi) is 7.03. The van der Waals surface area contributed by atoms with Gasteiger partial charge in [-0.15, -0.1) is 0 Å². The summed E-state index contributed by atoms with van der Waals surface area (Å²) in [6, 6.07) is 25.2. The van der Waals surface area contributed by atoms with Gasteiger partial charge >= 0.3 is 6.03 Å². The van der Waals surface area contributed by atoms with Crippen molar-refractivity contribution >= 4 is 11.6 Å². The zero-order chi connectivity index (χ0) is 25.8. The molecule has 5 rings (SSSR count). The third-order valence-electron chi connectivity index (χ3n) is 6.58. The van der Waals surface area contributed by atoms with Crippen LogP contribution in [0.3, 0.4) is 0 Å². The maximum Gasteiger partial charge on any atom is 0.322 e. The second-order valence-electron chi connectivity index (χ2n) is 8.93. The quantitative estimate of drug-likeness (QED) is 0.307. The number of allylic oxidation sites excluding steroid dienone is 1. The van der Waals surface area contributed by atoms with Gasteiger partial charge in [0, 0.05) is 11.3 Å². The number of amides is 2. The number of urea groups is 1. The zero-order valence-corrected chi connectivity index (χ0v) is 21.3. The number of aryl methyl sites for hydroxylation is 1. The normalized spacial score (nSPS) is 15.6. The van der Waals surface area contributed by atoms with Crippen LogP contribution < -0.4 is 10.1 Å². The van der Waals surface area contributed by atoms with Gasteiger partial charge in [0.05, 0.1) is 24.8 Å². The summed E-state index contributed by atoms with van der Waals surface area (Å²) in [5.41, 5.74) is 5.62. The van der Waals surface area contributed by atoms with E-state index in [1.54, 1.807) is 4.90 Å². The predicted octanol–water partition coefficient (Wildman–Crippen LogP) is 6.40. The third kappa shape index (κ3) is 5.11. The molecular formula is C30H30N4O3. The molecule has 1 aromatic heterocycles. The average Bonchev–Trinajstić information content (AvgIpc) is 3.42. The van der Waals surface area contributed by atoms with Gasteiger partial charge in [-0.2, -0.15) is 4.98 Å². The fourth-order valence-electron chi connectivity index (χ4n) is 4.52. The monoisotopic (exact) mass is 494 g/mol. The fourth-order valence-corrected chi connectivity index (χ4v) is 4.52. The van der Waals surface area contributed by atoms with Crippen LogP contribution in [0.5, 0.6) is 5.75 Å². The van der Waals surface area contributed by atoms with Gasteiger partial charge in [0.1, 0.15) is 5.75 Å². The highest BCUT2D eigenvalue weighted by Crippen LogP contribution is 2.38. The number of rotatable bonds is 8. The predicted molar refractivity (Wildman–Crippen MR) is 143 cm³/mol. The number of hydrogen-bond acceptors (Lipinski definition) is 5. The van der Waals surface area contributed by atoms with Gasteiger partial charge in [0.2, 0.25) is 5.82 Å². The second-order valence-corrected chi connectivity index (χ2v) is 8.93. The first-order chi connectivity index (χ1) is 18.1. The molecule has 1 aliphatic rings. The summed E-state index contributed by atoms with van der Waals surface area (Å²) >= 11 is 0. The van der Waals surface area contributed by atoms with Crippen LogP contribution in [-0.2, 0) is 13.0 Å². The highest BCUT2D eigenvalue weighted by molar-refractivity contribution is 5.86.